The van der Waals surface area contributed by atoms with Gasteiger partial charge >= 0.3 is 12.4 Å². The molecule has 4 atom stereocenters. The van der Waals surface area contributed by atoms with E-state index >= 15 is 0 Å². The van der Waals surface area contributed by atoms with E-state index in [1.807, 2.05) is 0 Å². The monoisotopic (exact) mass is 709 g/mol. The summed E-state index contributed by atoms with van der Waals surface area (Å²) in [6.07, 6.45) is -7.89. The zero-order chi connectivity index (χ0) is 33.3. The molecule has 240 valence electrons. The number of fused-ring (bicyclic) bond motifs is 3. The Kier molecular flexibility index (Phi) is 7.87. The summed E-state index contributed by atoms with van der Waals surface area (Å²) in [6.45, 7) is -0.423. The van der Waals surface area contributed by atoms with Gasteiger partial charge in [0.05, 0.1) is 39.7 Å². The number of ketones is 2. The van der Waals surface area contributed by atoms with Gasteiger partial charge in [0.25, 0.3) is 0 Å². The molecule has 0 aromatic heterocycles. The number of Topliss-reactive ketones (excluding diaryl/α,β-unsaturated/α-hetero) is 1. The highest BCUT2D eigenvalue weighted by atomic mass is 79.9. The molecule has 0 saturated carbocycles. The maximum Gasteiger partial charge on any atom is 0.416 e. The van der Waals surface area contributed by atoms with Crippen molar-refractivity contribution >= 4 is 45.0 Å². The number of nitrogens with zero attached hydrogens (tertiary/aromatic N) is 1. The number of anilines is 1. The van der Waals surface area contributed by atoms with E-state index in [1.54, 1.807) is 30.3 Å². The summed E-state index contributed by atoms with van der Waals surface area (Å²) in [5, 5.41) is 9.35. The molecular weight excluding hydrogens is 688 g/mol. The number of aliphatic hydroxyl groups excluding tert-OH is 1. The number of ether oxygens (including phenoxy) is 1. The van der Waals surface area contributed by atoms with Gasteiger partial charge in [-0.2, -0.15) is 26.3 Å². The van der Waals surface area contributed by atoms with Crippen LogP contribution in [0.25, 0.3) is 0 Å². The smallest absolute Gasteiger partial charge is 0.416 e. The topological polar surface area (TPSA) is 101 Å². The van der Waals surface area contributed by atoms with Gasteiger partial charge < -0.3 is 9.84 Å². The molecule has 2 aromatic carbocycles. The SMILES string of the molecule is O=C1C=C(Br)C(=O)C2=C1[C@@H](c1ccccc1OCCO)C1=CC[C@@H]3C(=O)N(c4cc(C(F)(F)F)cc(C(F)(F)F)c4)C(=O)[C@@H]3[C@@H]1C2. The molecule has 0 radical (unpaired) electrons. The van der Waals surface area contributed by atoms with Crippen LogP contribution in [-0.4, -0.2) is 41.7 Å². The first-order valence-corrected chi connectivity index (χ1v) is 14.8. The van der Waals surface area contributed by atoms with E-state index < -0.39 is 76.2 Å². The first-order chi connectivity index (χ1) is 21.6. The first kappa shape index (κ1) is 31.9. The second-order valence-corrected chi connectivity index (χ2v) is 12.1. The minimum absolute atomic E-state index is 0.0290. The molecule has 1 N–H and O–H groups in total. The van der Waals surface area contributed by atoms with Crippen LogP contribution in [-0.2, 0) is 31.5 Å². The molecule has 1 heterocycles. The predicted molar refractivity (Wildman–Crippen MR) is 153 cm³/mol. The molecular formula is C32H22BrF6NO6. The number of carbonyl (C=O) groups excluding carboxylic acids is 4. The number of aliphatic hydroxyl groups is 1. The van der Waals surface area contributed by atoms with Crippen LogP contribution in [0.2, 0.25) is 0 Å². The number of alkyl halides is 6. The second-order valence-electron chi connectivity index (χ2n) is 11.3. The van der Waals surface area contributed by atoms with E-state index in [-0.39, 0.29) is 53.5 Å². The van der Waals surface area contributed by atoms with Crippen molar-refractivity contribution in [2.45, 2.75) is 31.1 Å². The maximum absolute atomic E-state index is 14.0. The average molecular weight is 710 g/mol. The van der Waals surface area contributed by atoms with Crippen molar-refractivity contribution in [2.75, 3.05) is 18.1 Å². The molecule has 0 unspecified atom stereocenters. The van der Waals surface area contributed by atoms with E-state index in [0.717, 1.165) is 6.08 Å². The molecule has 6 rings (SSSR count). The molecule has 1 saturated heterocycles. The van der Waals surface area contributed by atoms with E-state index in [2.05, 4.69) is 15.9 Å². The lowest BCUT2D eigenvalue weighted by Gasteiger charge is -2.42. The summed E-state index contributed by atoms with van der Waals surface area (Å²) in [6, 6.07) is 7.15. The van der Waals surface area contributed by atoms with Gasteiger partial charge in [0.1, 0.15) is 12.4 Å². The number of rotatable bonds is 5. The van der Waals surface area contributed by atoms with Crippen LogP contribution in [0.5, 0.6) is 5.75 Å². The van der Waals surface area contributed by atoms with Gasteiger partial charge in [0, 0.05) is 28.7 Å². The number of hydrogen-bond acceptors (Lipinski definition) is 6. The maximum atomic E-state index is 14.0. The summed E-state index contributed by atoms with van der Waals surface area (Å²) < 4.78 is 87.6. The van der Waals surface area contributed by atoms with Gasteiger partial charge in [-0.3, -0.25) is 19.2 Å². The summed E-state index contributed by atoms with van der Waals surface area (Å²) >= 11 is 3.11. The highest BCUT2D eigenvalue weighted by Gasteiger charge is 2.57. The fraction of sp³-hybridized carbons (Fsp3) is 0.312. The van der Waals surface area contributed by atoms with Gasteiger partial charge in [-0.15, -0.1) is 0 Å². The van der Waals surface area contributed by atoms with Gasteiger partial charge in [0.15, 0.2) is 11.6 Å². The summed E-state index contributed by atoms with van der Waals surface area (Å²) in [5.74, 6) is -6.92. The molecule has 3 aliphatic carbocycles. The van der Waals surface area contributed by atoms with Crippen LogP contribution >= 0.6 is 15.9 Å². The Labute approximate surface area is 265 Å². The highest BCUT2D eigenvalue weighted by molar-refractivity contribution is 9.12. The van der Waals surface area contributed by atoms with Crippen molar-refractivity contribution in [3.8, 4) is 5.75 Å². The quantitative estimate of drug-likeness (QED) is 0.175. The Morgan fingerprint density at radius 2 is 1.57 bits per heavy atom. The molecule has 0 spiro atoms. The van der Waals surface area contributed by atoms with Gasteiger partial charge in [-0.25, -0.2) is 4.90 Å². The van der Waals surface area contributed by atoms with Crippen molar-refractivity contribution in [3.63, 3.8) is 0 Å². The van der Waals surface area contributed by atoms with Crippen LogP contribution in [0.4, 0.5) is 32.0 Å². The van der Waals surface area contributed by atoms with Crippen molar-refractivity contribution in [2.24, 2.45) is 17.8 Å². The molecule has 2 aromatic rings. The summed E-state index contributed by atoms with van der Waals surface area (Å²) in [7, 11) is 0. The number of hydrogen-bond donors (Lipinski definition) is 1. The van der Waals surface area contributed by atoms with Crippen molar-refractivity contribution in [3.05, 3.63) is 92.5 Å². The van der Waals surface area contributed by atoms with Gasteiger partial charge in [-0.05, 0) is 59.0 Å². The normalized spacial score (nSPS) is 24.8. The van der Waals surface area contributed by atoms with Crippen LogP contribution in [0.15, 0.2) is 75.8 Å². The van der Waals surface area contributed by atoms with E-state index in [9.17, 15) is 50.6 Å². The second kappa shape index (κ2) is 11.3. The van der Waals surface area contributed by atoms with E-state index in [0.29, 0.717) is 28.2 Å². The fourth-order valence-electron chi connectivity index (χ4n) is 6.89. The minimum Gasteiger partial charge on any atom is -0.491 e. The molecule has 1 aliphatic heterocycles. The third-order valence-electron chi connectivity index (χ3n) is 8.74. The molecule has 14 heteroatoms. The van der Waals surface area contributed by atoms with Crippen LogP contribution in [0, 0.1) is 17.8 Å². The van der Waals surface area contributed by atoms with Crippen LogP contribution in [0.1, 0.15) is 35.4 Å². The number of para-hydroxylation sites is 1. The van der Waals surface area contributed by atoms with Crippen molar-refractivity contribution in [1.29, 1.82) is 0 Å². The molecule has 1 fully saturated rings. The molecule has 4 aliphatic rings. The predicted octanol–water partition coefficient (Wildman–Crippen LogP) is 6.06. The number of halogens is 7. The number of imide groups is 1. The minimum atomic E-state index is -5.21. The third kappa shape index (κ3) is 5.20. The lowest BCUT2D eigenvalue weighted by molar-refractivity contribution is -0.143. The van der Waals surface area contributed by atoms with Crippen LogP contribution in [0.3, 0.4) is 0 Å². The van der Waals surface area contributed by atoms with Gasteiger partial charge in [0.2, 0.25) is 11.8 Å². The molecule has 46 heavy (non-hydrogen) atoms. The highest BCUT2D eigenvalue weighted by Crippen LogP contribution is 2.57. The largest absolute Gasteiger partial charge is 0.491 e. The molecule has 2 amide bonds. The molecule has 7 nitrogen and oxygen atoms in total. The van der Waals surface area contributed by atoms with Crippen molar-refractivity contribution in [1.82, 2.24) is 0 Å². The van der Waals surface area contributed by atoms with Crippen LogP contribution < -0.4 is 9.64 Å². The zero-order valence-corrected chi connectivity index (χ0v) is 25.0. The number of amides is 2. The Balaban J connectivity index is 1.48. The fourth-order valence-corrected chi connectivity index (χ4v) is 7.34. The number of allylic oxidation sites excluding steroid dienone is 6. The standard InChI is InChI=1S/C32H22BrF6NO6/c33-22-13-23(42)27-21(28(22)43)12-20-17(25(27)18-3-1-2-4-24(18)46-8-7-41)5-6-19-26(20)30(45)40(29(19)44)16-10-14(31(34,35)36)9-15(11-16)32(37,38)39/h1-5,9-11,13,19-20,25-26,41H,6-8,12H2/t19-,20+,25+,26-/m0/s1. The lowest BCUT2D eigenvalue weighted by Crippen LogP contribution is -2.39. The Morgan fingerprint density at radius 3 is 2.20 bits per heavy atom. The Bertz CT molecular complexity index is 1760. The first-order valence-electron chi connectivity index (χ1n) is 14.0. The average Bonchev–Trinajstić information content (AvgIpc) is 3.26. The van der Waals surface area contributed by atoms with E-state index in [4.69, 9.17) is 4.74 Å². The summed E-state index contributed by atoms with van der Waals surface area (Å²) in [5.41, 5.74) is -3.08. The number of carbonyl (C=O) groups is 4. The summed E-state index contributed by atoms with van der Waals surface area (Å²) in [4.78, 5) is 54.9. The Hall–Kier alpha value is -4.04. The zero-order valence-electron chi connectivity index (χ0n) is 23.4. The van der Waals surface area contributed by atoms with E-state index in [1.165, 1.54) is 0 Å². The number of benzene rings is 2. The van der Waals surface area contributed by atoms with Crippen molar-refractivity contribution < 1.29 is 55.4 Å². The molecule has 0 bridgehead atoms. The Morgan fingerprint density at radius 1 is 0.913 bits per heavy atom. The third-order valence-corrected chi connectivity index (χ3v) is 9.33. The van der Waals surface area contributed by atoms with Gasteiger partial charge in [-0.1, -0.05) is 29.8 Å². The lowest BCUT2D eigenvalue weighted by atomic mass is 9.59.